The van der Waals surface area contributed by atoms with E-state index in [2.05, 4.69) is 23.5 Å². The number of hydrogen-bond donors (Lipinski definition) is 1. The second-order valence-electron chi connectivity index (χ2n) is 5.07. The number of fused-ring (bicyclic) bond motifs is 1. The van der Waals surface area contributed by atoms with Gasteiger partial charge >= 0.3 is 0 Å². The normalized spacial score (nSPS) is 27.4. The lowest BCUT2D eigenvalue weighted by atomic mass is 9.98. The highest BCUT2D eigenvalue weighted by Gasteiger charge is 2.29. The molecular weight excluding hydrogens is 244 g/mol. The lowest BCUT2D eigenvalue weighted by Crippen LogP contribution is -2.36. The van der Waals surface area contributed by atoms with E-state index in [1.165, 1.54) is 16.9 Å². The van der Waals surface area contributed by atoms with E-state index in [1.54, 1.807) is 16.7 Å². The highest BCUT2D eigenvalue weighted by Crippen LogP contribution is 2.40. The number of carbonyl (C=O) groups is 1. The molecule has 1 aromatic rings. The Morgan fingerprint density at radius 2 is 2.28 bits per heavy atom. The minimum atomic E-state index is 0.0273. The summed E-state index contributed by atoms with van der Waals surface area (Å²) in [4.78, 5) is 15.0. The van der Waals surface area contributed by atoms with Gasteiger partial charge in [-0.05, 0) is 43.5 Å². The Labute approximate surface area is 112 Å². The van der Waals surface area contributed by atoms with Crippen molar-refractivity contribution >= 4 is 23.4 Å². The maximum Gasteiger partial charge on any atom is 0.239 e. The van der Waals surface area contributed by atoms with Crippen LogP contribution in [0.4, 0.5) is 5.69 Å². The summed E-state index contributed by atoms with van der Waals surface area (Å²) < 4.78 is 0. The van der Waals surface area contributed by atoms with Gasteiger partial charge in [0.1, 0.15) is 0 Å². The number of thioether (sulfide) groups is 1. The van der Waals surface area contributed by atoms with Crippen molar-refractivity contribution < 1.29 is 4.79 Å². The molecule has 3 rings (SSSR count). The number of rotatable bonds is 1. The van der Waals surface area contributed by atoms with Crippen LogP contribution in [0.1, 0.15) is 24.8 Å². The first-order valence-electron chi connectivity index (χ1n) is 6.45. The van der Waals surface area contributed by atoms with Gasteiger partial charge in [-0.2, -0.15) is 0 Å². The maximum absolute atomic E-state index is 11.9. The molecule has 1 N–H and O–H groups in total. The first-order chi connectivity index (χ1) is 8.66. The van der Waals surface area contributed by atoms with E-state index in [0.29, 0.717) is 5.92 Å². The molecule has 2 aliphatic heterocycles. The van der Waals surface area contributed by atoms with Crippen LogP contribution >= 0.6 is 11.8 Å². The number of nitrogens with zero attached hydrogens (tertiary/aromatic N) is 1. The number of hydrogen-bond acceptors (Lipinski definition) is 3. The Morgan fingerprint density at radius 3 is 3.00 bits per heavy atom. The van der Waals surface area contributed by atoms with Crippen LogP contribution in [0, 0.1) is 0 Å². The Kier molecular flexibility index (Phi) is 3.08. The van der Waals surface area contributed by atoms with Gasteiger partial charge in [-0.1, -0.05) is 6.07 Å². The first kappa shape index (κ1) is 12.1. The van der Waals surface area contributed by atoms with Crippen LogP contribution in [0.25, 0.3) is 0 Å². The molecule has 1 aromatic carbocycles. The zero-order valence-corrected chi connectivity index (χ0v) is 11.6. The van der Waals surface area contributed by atoms with E-state index in [-0.39, 0.29) is 11.2 Å². The lowest BCUT2D eigenvalue weighted by molar-refractivity contribution is -0.117. The van der Waals surface area contributed by atoms with Gasteiger partial charge in [0, 0.05) is 18.5 Å². The minimum absolute atomic E-state index is 0.0273. The van der Waals surface area contributed by atoms with Crippen LogP contribution in [0.15, 0.2) is 23.1 Å². The predicted octanol–water partition coefficient (Wildman–Crippen LogP) is 2.22. The van der Waals surface area contributed by atoms with Gasteiger partial charge < -0.3 is 10.2 Å². The van der Waals surface area contributed by atoms with Crippen molar-refractivity contribution in [3.63, 3.8) is 0 Å². The Bertz CT molecular complexity index is 483. The van der Waals surface area contributed by atoms with Crippen LogP contribution in [0.5, 0.6) is 0 Å². The van der Waals surface area contributed by atoms with E-state index in [0.717, 1.165) is 18.8 Å². The molecule has 0 spiro atoms. The fraction of sp³-hybridized carbons (Fsp3) is 0.500. The van der Waals surface area contributed by atoms with Crippen molar-refractivity contribution in [1.82, 2.24) is 5.32 Å². The van der Waals surface area contributed by atoms with Crippen molar-refractivity contribution in [1.29, 1.82) is 0 Å². The third-order valence-corrected chi connectivity index (χ3v) is 5.00. The predicted molar refractivity (Wildman–Crippen MR) is 75.4 cm³/mol. The zero-order chi connectivity index (χ0) is 12.7. The molecule has 0 saturated carbocycles. The number of amides is 1. The van der Waals surface area contributed by atoms with Crippen molar-refractivity contribution in [3.8, 4) is 0 Å². The quantitative estimate of drug-likeness (QED) is 0.842. The van der Waals surface area contributed by atoms with Gasteiger partial charge in [-0.15, -0.1) is 11.8 Å². The minimum Gasteiger partial charge on any atom is -0.316 e. The molecule has 2 unspecified atom stereocenters. The number of carbonyl (C=O) groups excluding carboxylic acids is 1. The average Bonchev–Trinajstić information content (AvgIpc) is 2.89. The van der Waals surface area contributed by atoms with Crippen LogP contribution in [0.2, 0.25) is 0 Å². The summed E-state index contributed by atoms with van der Waals surface area (Å²) in [6.07, 6.45) is 1.22. The van der Waals surface area contributed by atoms with Crippen LogP contribution in [0.3, 0.4) is 0 Å². The summed E-state index contributed by atoms with van der Waals surface area (Å²) in [5.41, 5.74) is 2.46. The summed E-state index contributed by atoms with van der Waals surface area (Å²) >= 11 is 1.69. The molecule has 3 nitrogen and oxygen atoms in total. The standard InChI is InChI=1S/C14H18N2OS/c1-9-14(17)16(2)12-4-3-10(7-13(12)18-9)11-5-6-15-8-11/h3-4,7,9,11,15H,5-6,8H2,1-2H3. The molecule has 1 saturated heterocycles. The first-order valence-corrected chi connectivity index (χ1v) is 7.33. The number of anilines is 1. The summed E-state index contributed by atoms with van der Waals surface area (Å²) in [7, 11) is 1.87. The van der Waals surface area contributed by atoms with E-state index in [1.807, 2.05) is 14.0 Å². The molecule has 0 radical (unpaired) electrons. The molecule has 96 valence electrons. The summed E-state index contributed by atoms with van der Waals surface area (Å²) in [5, 5.41) is 3.43. The molecule has 18 heavy (non-hydrogen) atoms. The van der Waals surface area contributed by atoms with Gasteiger partial charge in [0.2, 0.25) is 5.91 Å². The smallest absolute Gasteiger partial charge is 0.239 e. The molecule has 4 heteroatoms. The highest BCUT2D eigenvalue weighted by molar-refractivity contribution is 8.01. The van der Waals surface area contributed by atoms with E-state index in [9.17, 15) is 4.79 Å². The second kappa shape index (κ2) is 4.59. The second-order valence-corrected chi connectivity index (χ2v) is 6.46. The topological polar surface area (TPSA) is 32.3 Å². The number of nitrogens with one attached hydrogen (secondary N) is 1. The Morgan fingerprint density at radius 1 is 1.44 bits per heavy atom. The van der Waals surface area contributed by atoms with Gasteiger partial charge in [0.15, 0.2) is 0 Å². The fourth-order valence-electron chi connectivity index (χ4n) is 2.73. The molecule has 2 atom stereocenters. The van der Waals surface area contributed by atoms with Gasteiger partial charge in [-0.25, -0.2) is 0 Å². The zero-order valence-electron chi connectivity index (χ0n) is 10.8. The molecule has 0 bridgehead atoms. The van der Waals surface area contributed by atoms with Crippen molar-refractivity contribution in [2.75, 3.05) is 25.0 Å². The molecule has 2 aliphatic rings. The van der Waals surface area contributed by atoms with Crippen molar-refractivity contribution in [2.24, 2.45) is 0 Å². The molecular formula is C14H18N2OS. The monoisotopic (exact) mass is 262 g/mol. The van der Waals surface area contributed by atoms with E-state index in [4.69, 9.17) is 0 Å². The maximum atomic E-state index is 11.9. The van der Waals surface area contributed by atoms with Crippen molar-refractivity contribution in [2.45, 2.75) is 29.4 Å². The third-order valence-electron chi connectivity index (χ3n) is 3.86. The van der Waals surface area contributed by atoms with Crippen LogP contribution in [-0.4, -0.2) is 31.3 Å². The van der Waals surface area contributed by atoms with E-state index >= 15 is 0 Å². The average molecular weight is 262 g/mol. The molecule has 1 amide bonds. The van der Waals surface area contributed by atoms with E-state index < -0.39 is 0 Å². The largest absolute Gasteiger partial charge is 0.316 e. The summed E-state index contributed by atoms with van der Waals surface area (Å²) in [6.45, 7) is 4.17. The van der Waals surface area contributed by atoms with Crippen LogP contribution < -0.4 is 10.2 Å². The Hall–Kier alpha value is -1.00. The summed E-state index contributed by atoms with van der Waals surface area (Å²) in [6, 6.07) is 6.55. The molecule has 1 fully saturated rings. The number of benzene rings is 1. The van der Waals surface area contributed by atoms with Gasteiger partial charge in [0.25, 0.3) is 0 Å². The third kappa shape index (κ3) is 1.93. The van der Waals surface area contributed by atoms with Crippen molar-refractivity contribution in [3.05, 3.63) is 23.8 Å². The Balaban J connectivity index is 1.95. The fourth-order valence-corrected chi connectivity index (χ4v) is 3.90. The highest BCUT2D eigenvalue weighted by atomic mass is 32.2. The SMILES string of the molecule is CC1Sc2cc(C3CCNC3)ccc2N(C)C1=O. The van der Waals surface area contributed by atoms with Gasteiger partial charge in [0.05, 0.1) is 10.9 Å². The molecule has 2 heterocycles. The summed E-state index contributed by atoms with van der Waals surface area (Å²) in [5.74, 6) is 0.830. The molecule has 0 aliphatic carbocycles. The van der Waals surface area contributed by atoms with Crippen LogP contribution in [-0.2, 0) is 4.79 Å². The molecule has 0 aromatic heterocycles. The van der Waals surface area contributed by atoms with Gasteiger partial charge in [-0.3, -0.25) is 4.79 Å². The lowest BCUT2D eigenvalue weighted by Gasteiger charge is -2.30.